The Morgan fingerprint density at radius 1 is 1.45 bits per heavy atom. The van der Waals surface area contributed by atoms with Crippen LogP contribution in [-0.2, 0) is 17.8 Å². The van der Waals surface area contributed by atoms with Crippen LogP contribution >= 0.6 is 0 Å². The maximum Gasteiger partial charge on any atom is 0.140 e. The molecule has 1 fully saturated rings. The molecule has 0 amide bonds. The van der Waals surface area contributed by atoms with Crippen LogP contribution in [0.1, 0.15) is 32.3 Å². The number of hydrogen-bond donors (Lipinski definition) is 1. The minimum Gasteiger partial charge on any atom is -0.373 e. The number of pyridine rings is 1. The maximum absolute atomic E-state index is 5.94. The van der Waals surface area contributed by atoms with Gasteiger partial charge in [-0.1, -0.05) is 6.92 Å². The third kappa shape index (κ3) is 2.72. The SMILES string of the molecule is CCNCc1cn(CC2CCC(C)O2)c2ncccc12. The van der Waals surface area contributed by atoms with Crippen molar-refractivity contribution in [1.29, 1.82) is 0 Å². The van der Waals surface area contributed by atoms with Gasteiger partial charge in [0.05, 0.1) is 18.8 Å². The fourth-order valence-electron chi connectivity index (χ4n) is 2.97. The summed E-state index contributed by atoms with van der Waals surface area (Å²) in [4.78, 5) is 4.55. The van der Waals surface area contributed by atoms with Crippen LogP contribution in [0.15, 0.2) is 24.5 Å². The highest BCUT2D eigenvalue weighted by molar-refractivity contribution is 5.80. The van der Waals surface area contributed by atoms with Crippen molar-refractivity contribution in [3.8, 4) is 0 Å². The van der Waals surface area contributed by atoms with E-state index in [1.54, 1.807) is 0 Å². The van der Waals surface area contributed by atoms with E-state index in [0.717, 1.165) is 31.7 Å². The van der Waals surface area contributed by atoms with Crippen LogP contribution in [0, 0.1) is 0 Å². The summed E-state index contributed by atoms with van der Waals surface area (Å²) in [6.45, 7) is 7.07. The van der Waals surface area contributed by atoms with Gasteiger partial charge in [-0.3, -0.25) is 0 Å². The van der Waals surface area contributed by atoms with Crippen molar-refractivity contribution in [3.63, 3.8) is 0 Å². The molecule has 2 unspecified atom stereocenters. The van der Waals surface area contributed by atoms with E-state index in [4.69, 9.17) is 4.74 Å². The molecule has 0 bridgehead atoms. The van der Waals surface area contributed by atoms with Gasteiger partial charge in [-0.2, -0.15) is 0 Å². The van der Waals surface area contributed by atoms with Gasteiger partial charge in [-0.25, -0.2) is 4.98 Å². The molecule has 2 aromatic heterocycles. The average Bonchev–Trinajstić information content (AvgIpc) is 3.02. The first-order valence-corrected chi connectivity index (χ1v) is 7.57. The van der Waals surface area contributed by atoms with E-state index in [-0.39, 0.29) is 0 Å². The molecule has 0 spiro atoms. The van der Waals surface area contributed by atoms with Crippen molar-refractivity contribution in [2.75, 3.05) is 6.54 Å². The second kappa shape index (κ2) is 5.94. The van der Waals surface area contributed by atoms with Gasteiger partial charge < -0.3 is 14.6 Å². The molecule has 0 aromatic carbocycles. The molecule has 4 nitrogen and oxygen atoms in total. The van der Waals surface area contributed by atoms with Crippen LogP contribution < -0.4 is 5.32 Å². The third-order valence-corrected chi connectivity index (χ3v) is 4.00. The molecule has 1 saturated heterocycles. The van der Waals surface area contributed by atoms with Crippen molar-refractivity contribution < 1.29 is 4.74 Å². The summed E-state index contributed by atoms with van der Waals surface area (Å²) in [5.41, 5.74) is 2.39. The van der Waals surface area contributed by atoms with Crippen molar-refractivity contribution in [2.45, 2.75) is 52.0 Å². The lowest BCUT2D eigenvalue weighted by Gasteiger charge is -2.12. The van der Waals surface area contributed by atoms with Crippen LogP contribution in [0.4, 0.5) is 0 Å². The number of hydrogen-bond acceptors (Lipinski definition) is 3. The highest BCUT2D eigenvalue weighted by Crippen LogP contribution is 2.24. The van der Waals surface area contributed by atoms with Gasteiger partial charge in [0, 0.05) is 24.3 Å². The molecule has 108 valence electrons. The third-order valence-electron chi connectivity index (χ3n) is 4.00. The van der Waals surface area contributed by atoms with E-state index in [9.17, 15) is 0 Å². The molecule has 4 heteroatoms. The number of aromatic nitrogens is 2. The second-order valence-electron chi connectivity index (χ2n) is 5.61. The predicted octanol–water partition coefficient (Wildman–Crippen LogP) is 2.71. The van der Waals surface area contributed by atoms with Crippen molar-refractivity contribution in [1.82, 2.24) is 14.9 Å². The smallest absolute Gasteiger partial charge is 0.140 e. The number of nitrogens with one attached hydrogen (secondary N) is 1. The van der Waals surface area contributed by atoms with Crippen molar-refractivity contribution in [3.05, 3.63) is 30.1 Å². The molecule has 20 heavy (non-hydrogen) atoms. The Morgan fingerprint density at radius 2 is 2.35 bits per heavy atom. The fraction of sp³-hybridized carbons (Fsp3) is 0.562. The minimum atomic E-state index is 0.328. The van der Waals surface area contributed by atoms with Gasteiger partial charge in [-0.05, 0) is 44.0 Å². The second-order valence-corrected chi connectivity index (χ2v) is 5.61. The summed E-state index contributed by atoms with van der Waals surface area (Å²) < 4.78 is 8.19. The summed E-state index contributed by atoms with van der Waals surface area (Å²) in [6.07, 6.45) is 7.14. The van der Waals surface area contributed by atoms with E-state index < -0.39 is 0 Å². The zero-order valence-corrected chi connectivity index (χ0v) is 12.3. The van der Waals surface area contributed by atoms with Gasteiger partial charge in [0.2, 0.25) is 0 Å². The topological polar surface area (TPSA) is 39.1 Å². The van der Waals surface area contributed by atoms with Crippen LogP contribution in [-0.4, -0.2) is 28.3 Å². The lowest BCUT2D eigenvalue weighted by atomic mass is 10.2. The zero-order valence-electron chi connectivity index (χ0n) is 12.3. The summed E-state index contributed by atoms with van der Waals surface area (Å²) in [5.74, 6) is 0. The van der Waals surface area contributed by atoms with Gasteiger partial charge >= 0.3 is 0 Å². The molecule has 0 saturated carbocycles. The number of fused-ring (bicyclic) bond motifs is 1. The Kier molecular flexibility index (Phi) is 4.03. The molecule has 0 radical (unpaired) electrons. The molecule has 3 rings (SSSR count). The maximum atomic E-state index is 5.94. The molecule has 1 aliphatic heterocycles. The molecule has 2 aromatic rings. The summed E-state index contributed by atoms with van der Waals surface area (Å²) in [7, 11) is 0. The van der Waals surface area contributed by atoms with E-state index in [1.165, 1.54) is 17.4 Å². The molecule has 1 aliphatic rings. The predicted molar refractivity (Wildman–Crippen MR) is 80.7 cm³/mol. The molecule has 2 atom stereocenters. The monoisotopic (exact) mass is 273 g/mol. The average molecular weight is 273 g/mol. The lowest BCUT2D eigenvalue weighted by molar-refractivity contribution is 0.0464. The highest BCUT2D eigenvalue weighted by Gasteiger charge is 2.23. The highest BCUT2D eigenvalue weighted by atomic mass is 16.5. The first kappa shape index (κ1) is 13.6. The first-order valence-electron chi connectivity index (χ1n) is 7.57. The Balaban J connectivity index is 1.86. The fourth-order valence-corrected chi connectivity index (χ4v) is 2.97. The Morgan fingerprint density at radius 3 is 3.10 bits per heavy atom. The Labute approximate surface area is 120 Å². The quantitative estimate of drug-likeness (QED) is 0.910. The lowest BCUT2D eigenvalue weighted by Crippen LogP contribution is -2.16. The molecular formula is C16H23N3O. The van der Waals surface area contributed by atoms with Crippen LogP contribution in [0.2, 0.25) is 0 Å². The Hall–Kier alpha value is -1.39. The van der Waals surface area contributed by atoms with Crippen LogP contribution in [0.5, 0.6) is 0 Å². The van der Waals surface area contributed by atoms with E-state index in [2.05, 4.69) is 41.0 Å². The van der Waals surface area contributed by atoms with Gasteiger partial charge in [0.1, 0.15) is 5.65 Å². The summed E-state index contributed by atoms with van der Waals surface area (Å²) in [5, 5.41) is 4.65. The zero-order chi connectivity index (χ0) is 13.9. The van der Waals surface area contributed by atoms with E-state index in [0.29, 0.717) is 12.2 Å². The molecular weight excluding hydrogens is 250 g/mol. The van der Waals surface area contributed by atoms with Gasteiger partial charge in [0.25, 0.3) is 0 Å². The van der Waals surface area contributed by atoms with Gasteiger partial charge in [0.15, 0.2) is 0 Å². The summed E-state index contributed by atoms with van der Waals surface area (Å²) in [6, 6.07) is 4.17. The van der Waals surface area contributed by atoms with Crippen LogP contribution in [0.3, 0.4) is 0 Å². The van der Waals surface area contributed by atoms with Gasteiger partial charge in [-0.15, -0.1) is 0 Å². The van der Waals surface area contributed by atoms with E-state index in [1.807, 2.05) is 12.3 Å². The van der Waals surface area contributed by atoms with E-state index >= 15 is 0 Å². The largest absolute Gasteiger partial charge is 0.373 e. The normalized spacial score (nSPS) is 22.7. The van der Waals surface area contributed by atoms with Crippen molar-refractivity contribution >= 4 is 11.0 Å². The summed E-state index contributed by atoms with van der Waals surface area (Å²) >= 11 is 0. The number of nitrogens with zero attached hydrogens (tertiary/aromatic N) is 2. The minimum absolute atomic E-state index is 0.328. The molecule has 0 aliphatic carbocycles. The number of rotatable bonds is 5. The molecule has 3 heterocycles. The first-order chi connectivity index (χ1) is 9.78. The van der Waals surface area contributed by atoms with Crippen molar-refractivity contribution in [2.24, 2.45) is 0 Å². The Bertz CT molecular complexity index is 578. The molecule has 1 N–H and O–H groups in total. The number of ether oxygens (including phenoxy) is 1. The standard InChI is InChI=1S/C16H23N3O/c1-3-17-9-13-10-19(11-14-7-6-12(2)20-14)16-15(13)5-4-8-18-16/h4-5,8,10,12,14,17H,3,6-7,9,11H2,1-2H3. The van der Waals surface area contributed by atoms with Crippen LogP contribution in [0.25, 0.3) is 11.0 Å².